The van der Waals surface area contributed by atoms with E-state index in [-0.39, 0.29) is 23.5 Å². The summed E-state index contributed by atoms with van der Waals surface area (Å²) in [6.45, 7) is 1.70. The quantitative estimate of drug-likeness (QED) is 0.774. The van der Waals surface area contributed by atoms with Gasteiger partial charge in [-0.05, 0) is 31.4 Å². The Morgan fingerprint density at radius 2 is 2.08 bits per heavy atom. The molecule has 25 heavy (non-hydrogen) atoms. The smallest absolute Gasteiger partial charge is 0.267 e. The molecule has 3 rings (SSSR count). The van der Waals surface area contributed by atoms with Crippen LogP contribution in [0, 0.1) is 0 Å². The number of hydrogen-bond donors (Lipinski definition) is 2. The van der Waals surface area contributed by atoms with Crippen molar-refractivity contribution >= 4 is 34.5 Å². The first-order chi connectivity index (χ1) is 12.0. The molecule has 0 spiro atoms. The van der Waals surface area contributed by atoms with Crippen molar-refractivity contribution in [1.29, 1.82) is 0 Å². The van der Waals surface area contributed by atoms with Crippen molar-refractivity contribution in [3.63, 3.8) is 0 Å². The Labute approximate surface area is 153 Å². The zero-order valence-corrected chi connectivity index (χ0v) is 15.4. The summed E-state index contributed by atoms with van der Waals surface area (Å²) in [6, 6.07) is 11.0. The predicted octanol–water partition coefficient (Wildman–Crippen LogP) is 1.70. The highest BCUT2D eigenvalue weighted by molar-refractivity contribution is 8.14. The zero-order chi connectivity index (χ0) is 17.8. The summed E-state index contributed by atoms with van der Waals surface area (Å²) >= 11 is 3.07. The van der Waals surface area contributed by atoms with Crippen LogP contribution in [0.3, 0.4) is 0 Å². The van der Waals surface area contributed by atoms with Gasteiger partial charge < -0.3 is 5.32 Å². The van der Waals surface area contributed by atoms with Crippen LogP contribution in [-0.2, 0) is 11.3 Å². The van der Waals surface area contributed by atoms with Crippen LogP contribution in [0.1, 0.15) is 6.92 Å². The number of nitrogens with zero attached hydrogens (tertiary/aromatic N) is 3. The van der Waals surface area contributed by atoms with E-state index in [4.69, 9.17) is 0 Å². The molecule has 0 saturated heterocycles. The first-order valence-electron chi connectivity index (χ1n) is 7.53. The Hall–Kier alpha value is -2.26. The number of amides is 1. The molecule has 9 heteroatoms. The van der Waals surface area contributed by atoms with Crippen molar-refractivity contribution < 1.29 is 4.79 Å². The largest absolute Gasteiger partial charge is 0.324 e. The van der Waals surface area contributed by atoms with E-state index in [2.05, 4.69) is 20.9 Å². The van der Waals surface area contributed by atoms with Crippen LogP contribution >= 0.6 is 23.5 Å². The van der Waals surface area contributed by atoms with Crippen LogP contribution in [0.25, 0.3) is 11.3 Å². The molecule has 1 aliphatic rings. The van der Waals surface area contributed by atoms with E-state index in [1.807, 2.05) is 37.4 Å². The molecule has 1 aliphatic heterocycles. The van der Waals surface area contributed by atoms with Crippen LogP contribution in [0.2, 0.25) is 0 Å². The molecule has 1 amide bonds. The Kier molecular flexibility index (Phi) is 5.44. The van der Waals surface area contributed by atoms with Gasteiger partial charge in [-0.3, -0.25) is 15.0 Å². The number of carbonyl (C=O) groups excluding carboxylic acids is 1. The minimum Gasteiger partial charge on any atom is -0.324 e. The molecule has 0 aliphatic carbocycles. The number of carbonyl (C=O) groups is 1. The molecule has 2 heterocycles. The maximum atomic E-state index is 12.1. The summed E-state index contributed by atoms with van der Waals surface area (Å²) in [4.78, 5) is 25.3. The Balaban J connectivity index is 1.72. The van der Waals surface area contributed by atoms with Crippen molar-refractivity contribution in [3.8, 4) is 11.3 Å². The molecule has 0 bridgehead atoms. The molecule has 2 N–H and O–H groups in total. The number of nitrogens with one attached hydrogen (secondary N) is 2. The molecular weight excluding hydrogens is 358 g/mol. The molecule has 0 saturated carbocycles. The van der Waals surface area contributed by atoms with E-state index in [0.29, 0.717) is 5.69 Å². The first-order valence-corrected chi connectivity index (χ1v) is 9.64. The number of aromatic nitrogens is 2. The molecule has 1 aromatic carbocycles. The summed E-state index contributed by atoms with van der Waals surface area (Å²) in [7, 11) is 0. The second-order valence-corrected chi connectivity index (χ2v) is 7.45. The molecule has 1 aromatic heterocycles. The van der Waals surface area contributed by atoms with Crippen LogP contribution in [-0.4, -0.2) is 32.5 Å². The normalized spacial score (nSPS) is 16.2. The average Bonchev–Trinajstić information content (AvgIpc) is 3.01. The summed E-state index contributed by atoms with van der Waals surface area (Å²) in [5, 5.41) is 11.9. The number of rotatable bonds is 5. The summed E-state index contributed by atoms with van der Waals surface area (Å²) in [6.07, 6.45) is 2.01. The monoisotopic (exact) mass is 375 g/mol. The predicted molar refractivity (Wildman–Crippen MR) is 101 cm³/mol. The minimum atomic E-state index is -0.320. The van der Waals surface area contributed by atoms with Crippen molar-refractivity contribution in [2.75, 3.05) is 6.26 Å². The summed E-state index contributed by atoms with van der Waals surface area (Å²) in [5.74, 6) is -0.306. The minimum absolute atomic E-state index is 0.145. The lowest BCUT2D eigenvalue weighted by atomic mass is 10.1. The van der Waals surface area contributed by atoms with Crippen LogP contribution < -0.4 is 16.3 Å². The maximum absolute atomic E-state index is 12.1. The standard InChI is InChI=1S/C16H17N5O2S2/c1-10-18-19-16(25-10)17-14(22)9-21-15(23)8-7-13(20-21)11-3-5-12(24-2)6-4-11/h3-8,16,19H,9H2,1-2H3,(H,17,22)/t16-/m1/s1. The highest BCUT2D eigenvalue weighted by atomic mass is 32.2. The molecule has 0 radical (unpaired) electrons. The third kappa shape index (κ3) is 4.43. The van der Waals surface area contributed by atoms with Crippen molar-refractivity contribution in [2.24, 2.45) is 5.10 Å². The van der Waals surface area contributed by atoms with E-state index in [1.54, 1.807) is 17.8 Å². The van der Waals surface area contributed by atoms with Gasteiger partial charge in [0.2, 0.25) is 5.91 Å². The highest BCUT2D eigenvalue weighted by Crippen LogP contribution is 2.20. The zero-order valence-electron chi connectivity index (χ0n) is 13.7. The van der Waals surface area contributed by atoms with Gasteiger partial charge in [-0.2, -0.15) is 10.2 Å². The van der Waals surface area contributed by atoms with Gasteiger partial charge in [0.25, 0.3) is 5.56 Å². The molecule has 0 fully saturated rings. The molecule has 0 unspecified atom stereocenters. The molecule has 2 aromatic rings. The fraction of sp³-hybridized carbons (Fsp3) is 0.250. The number of hydrogen-bond acceptors (Lipinski definition) is 7. The summed E-state index contributed by atoms with van der Waals surface area (Å²) < 4.78 is 1.17. The van der Waals surface area contributed by atoms with E-state index in [1.165, 1.54) is 22.5 Å². The van der Waals surface area contributed by atoms with Crippen molar-refractivity contribution in [1.82, 2.24) is 20.5 Å². The van der Waals surface area contributed by atoms with Crippen LogP contribution in [0.4, 0.5) is 0 Å². The average molecular weight is 375 g/mol. The van der Waals surface area contributed by atoms with Gasteiger partial charge in [0.05, 0.1) is 10.7 Å². The van der Waals surface area contributed by atoms with E-state index in [9.17, 15) is 9.59 Å². The van der Waals surface area contributed by atoms with Gasteiger partial charge in [0.1, 0.15) is 6.54 Å². The third-order valence-electron chi connectivity index (χ3n) is 3.47. The number of hydrazone groups is 1. The maximum Gasteiger partial charge on any atom is 0.267 e. The second-order valence-electron chi connectivity index (χ2n) is 5.27. The van der Waals surface area contributed by atoms with E-state index in [0.717, 1.165) is 15.5 Å². The van der Waals surface area contributed by atoms with Crippen LogP contribution in [0.15, 0.2) is 51.2 Å². The van der Waals surface area contributed by atoms with Crippen molar-refractivity contribution in [2.45, 2.75) is 23.9 Å². The number of benzene rings is 1. The summed E-state index contributed by atoms with van der Waals surface area (Å²) in [5.41, 5.74) is 3.70. The lowest BCUT2D eigenvalue weighted by Crippen LogP contribution is -2.42. The third-order valence-corrected chi connectivity index (χ3v) is 5.10. The van der Waals surface area contributed by atoms with Gasteiger partial charge in [0.15, 0.2) is 5.50 Å². The van der Waals surface area contributed by atoms with Gasteiger partial charge in [-0.25, -0.2) is 4.68 Å². The fourth-order valence-electron chi connectivity index (χ4n) is 2.24. The molecule has 1 atom stereocenters. The van der Waals surface area contributed by atoms with Gasteiger partial charge >= 0.3 is 0 Å². The van der Waals surface area contributed by atoms with Gasteiger partial charge in [-0.15, -0.1) is 11.8 Å². The van der Waals surface area contributed by atoms with Gasteiger partial charge in [0, 0.05) is 16.5 Å². The molecule has 7 nitrogen and oxygen atoms in total. The fourth-order valence-corrected chi connectivity index (χ4v) is 3.39. The van der Waals surface area contributed by atoms with Crippen LogP contribution in [0.5, 0.6) is 0 Å². The topological polar surface area (TPSA) is 88.4 Å². The van der Waals surface area contributed by atoms with Crippen molar-refractivity contribution in [3.05, 3.63) is 46.8 Å². The second kappa shape index (κ2) is 7.75. The SMILES string of the molecule is CSc1ccc(-c2ccc(=O)n(CC(=O)N[C@@H]3NN=C(C)S3)n2)cc1. The molecule has 130 valence electrons. The lowest BCUT2D eigenvalue weighted by molar-refractivity contribution is -0.122. The Bertz CT molecular complexity index is 864. The highest BCUT2D eigenvalue weighted by Gasteiger charge is 2.18. The Morgan fingerprint density at radius 3 is 2.72 bits per heavy atom. The first kappa shape index (κ1) is 17.6. The van der Waals surface area contributed by atoms with Gasteiger partial charge in [-0.1, -0.05) is 23.9 Å². The Morgan fingerprint density at radius 1 is 1.32 bits per heavy atom. The molecular formula is C16H17N5O2S2. The van der Waals surface area contributed by atoms with E-state index >= 15 is 0 Å². The van der Waals surface area contributed by atoms with E-state index < -0.39 is 0 Å². The lowest BCUT2D eigenvalue weighted by Gasteiger charge is -2.12. The number of thioether (sulfide) groups is 2.